The minimum Gasteiger partial charge on any atom is -0.467 e. The third-order valence-corrected chi connectivity index (χ3v) is 4.04. The van der Waals surface area contributed by atoms with Crippen LogP contribution in [0.15, 0.2) is 60.7 Å². The zero-order valence-corrected chi connectivity index (χ0v) is 13.9. The number of esters is 2. The zero-order valence-electron chi connectivity index (χ0n) is 13.9. The van der Waals surface area contributed by atoms with Crippen LogP contribution < -0.4 is 0 Å². The molecular weight excluding hydrogens is 324 g/mol. The fraction of sp³-hybridized carbons (Fsp3) is 0.263. The van der Waals surface area contributed by atoms with Crippen molar-refractivity contribution in [2.45, 2.75) is 18.0 Å². The van der Waals surface area contributed by atoms with Crippen LogP contribution in [0.5, 0.6) is 0 Å². The van der Waals surface area contributed by atoms with Gasteiger partial charge in [-0.05, 0) is 0 Å². The van der Waals surface area contributed by atoms with Crippen LogP contribution in [0.4, 0.5) is 0 Å². The van der Waals surface area contributed by atoms with Gasteiger partial charge in [-0.15, -0.1) is 0 Å². The van der Waals surface area contributed by atoms with Gasteiger partial charge in [0.25, 0.3) is 0 Å². The quantitative estimate of drug-likeness (QED) is 0.792. The highest BCUT2D eigenvalue weighted by atomic mass is 16.8. The molecule has 2 aromatic carbocycles. The van der Waals surface area contributed by atoms with Gasteiger partial charge in [0, 0.05) is 11.1 Å². The lowest BCUT2D eigenvalue weighted by Crippen LogP contribution is -2.38. The zero-order chi connectivity index (χ0) is 17.9. The van der Waals surface area contributed by atoms with Crippen LogP contribution in [0.25, 0.3) is 0 Å². The van der Waals surface area contributed by atoms with Crippen molar-refractivity contribution in [3.63, 3.8) is 0 Å². The molecule has 0 aliphatic carbocycles. The molecule has 25 heavy (non-hydrogen) atoms. The molecule has 0 N–H and O–H groups in total. The Morgan fingerprint density at radius 3 is 1.44 bits per heavy atom. The van der Waals surface area contributed by atoms with Crippen molar-refractivity contribution >= 4 is 11.9 Å². The molecule has 0 radical (unpaired) electrons. The van der Waals surface area contributed by atoms with Crippen molar-refractivity contribution in [2.75, 3.05) is 14.2 Å². The SMILES string of the molecule is COC(=O)C1OC(c2ccccc2)(c2ccccc2)OC1C(=O)OC. The van der Waals surface area contributed by atoms with E-state index < -0.39 is 29.9 Å². The van der Waals surface area contributed by atoms with Crippen LogP contribution in [-0.2, 0) is 34.3 Å². The van der Waals surface area contributed by atoms with Crippen molar-refractivity contribution < 1.29 is 28.5 Å². The van der Waals surface area contributed by atoms with E-state index >= 15 is 0 Å². The minimum atomic E-state index is -1.42. The molecule has 2 atom stereocenters. The highest BCUT2D eigenvalue weighted by Gasteiger charge is 2.56. The molecular formula is C19H18O6. The number of carbonyl (C=O) groups excluding carboxylic acids is 2. The summed E-state index contributed by atoms with van der Waals surface area (Å²) in [5, 5.41) is 0. The standard InChI is InChI=1S/C19H18O6/c1-22-17(20)15-16(18(21)23-2)25-19(24-15,13-9-5-3-6-10-13)14-11-7-4-8-12-14/h3-12,15-16H,1-2H3. The summed E-state index contributed by atoms with van der Waals surface area (Å²) in [6.45, 7) is 0. The first-order valence-electron chi connectivity index (χ1n) is 7.74. The summed E-state index contributed by atoms with van der Waals surface area (Å²) < 4.78 is 21.6. The summed E-state index contributed by atoms with van der Waals surface area (Å²) in [6.07, 6.45) is -2.48. The molecule has 1 aliphatic rings. The molecule has 2 unspecified atom stereocenters. The van der Waals surface area contributed by atoms with Crippen LogP contribution >= 0.6 is 0 Å². The third-order valence-electron chi connectivity index (χ3n) is 4.04. The number of hydrogen-bond donors (Lipinski definition) is 0. The van der Waals surface area contributed by atoms with E-state index in [0.717, 1.165) is 0 Å². The van der Waals surface area contributed by atoms with E-state index in [0.29, 0.717) is 11.1 Å². The maximum atomic E-state index is 12.2. The summed E-state index contributed by atoms with van der Waals surface area (Å²) in [4.78, 5) is 24.3. The molecule has 1 fully saturated rings. The van der Waals surface area contributed by atoms with Gasteiger partial charge in [0.1, 0.15) is 0 Å². The predicted molar refractivity (Wildman–Crippen MR) is 87.4 cm³/mol. The van der Waals surface area contributed by atoms with Gasteiger partial charge in [-0.25, -0.2) is 9.59 Å². The van der Waals surface area contributed by atoms with Gasteiger partial charge >= 0.3 is 11.9 Å². The van der Waals surface area contributed by atoms with E-state index in [1.807, 2.05) is 36.4 Å². The van der Waals surface area contributed by atoms with Gasteiger partial charge in [0.2, 0.25) is 5.79 Å². The smallest absolute Gasteiger partial charge is 0.338 e. The van der Waals surface area contributed by atoms with Gasteiger partial charge in [0.05, 0.1) is 14.2 Å². The second kappa shape index (κ2) is 7.04. The van der Waals surface area contributed by atoms with Crippen molar-refractivity contribution in [3.8, 4) is 0 Å². The summed E-state index contributed by atoms with van der Waals surface area (Å²) in [7, 11) is 2.45. The third kappa shape index (κ3) is 3.01. The number of rotatable bonds is 4. The van der Waals surface area contributed by atoms with E-state index in [9.17, 15) is 9.59 Å². The Morgan fingerprint density at radius 1 is 0.760 bits per heavy atom. The Labute approximate surface area is 145 Å². The maximum Gasteiger partial charge on any atom is 0.338 e. The van der Waals surface area contributed by atoms with Crippen molar-refractivity contribution in [2.24, 2.45) is 0 Å². The van der Waals surface area contributed by atoms with Crippen LogP contribution in [-0.4, -0.2) is 38.4 Å². The van der Waals surface area contributed by atoms with E-state index in [1.165, 1.54) is 14.2 Å². The van der Waals surface area contributed by atoms with Crippen LogP contribution in [0.1, 0.15) is 11.1 Å². The number of benzene rings is 2. The van der Waals surface area contributed by atoms with E-state index in [2.05, 4.69) is 0 Å². The Kier molecular flexibility index (Phi) is 4.83. The molecule has 0 amide bonds. The summed E-state index contributed by atoms with van der Waals surface area (Å²) in [5.41, 5.74) is 1.31. The van der Waals surface area contributed by atoms with E-state index in [-0.39, 0.29) is 0 Å². The van der Waals surface area contributed by atoms with Crippen molar-refractivity contribution in [1.29, 1.82) is 0 Å². The van der Waals surface area contributed by atoms with Crippen LogP contribution in [0.2, 0.25) is 0 Å². The Balaban J connectivity index is 2.13. The predicted octanol–water partition coefficient (Wildman–Crippen LogP) is 2.02. The van der Waals surface area contributed by atoms with Gasteiger partial charge < -0.3 is 18.9 Å². The van der Waals surface area contributed by atoms with E-state index in [1.54, 1.807) is 24.3 Å². The second-order valence-corrected chi connectivity index (χ2v) is 5.47. The molecule has 0 aromatic heterocycles. The lowest BCUT2D eigenvalue weighted by Gasteiger charge is -2.29. The molecule has 0 spiro atoms. The maximum absolute atomic E-state index is 12.2. The normalized spacial score (nSPS) is 21.5. The summed E-state index contributed by atoms with van der Waals surface area (Å²) in [5.74, 6) is -2.83. The molecule has 0 bridgehead atoms. The Bertz CT molecular complexity index is 678. The van der Waals surface area contributed by atoms with Crippen LogP contribution in [0.3, 0.4) is 0 Å². The fourth-order valence-electron chi connectivity index (χ4n) is 2.84. The first kappa shape index (κ1) is 17.1. The van der Waals surface area contributed by atoms with Gasteiger partial charge in [-0.2, -0.15) is 0 Å². The Hall–Kier alpha value is -2.70. The minimum absolute atomic E-state index is 0.654. The van der Waals surface area contributed by atoms with Crippen molar-refractivity contribution in [1.82, 2.24) is 0 Å². The molecule has 1 saturated heterocycles. The van der Waals surface area contributed by atoms with Gasteiger partial charge in [-0.1, -0.05) is 60.7 Å². The lowest BCUT2D eigenvalue weighted by atomic mass is 9.97. The second-order valence-electron chi connectivity index (χ2n) is 5.47. The first-order chi connectivity index (χ1) is 12.1. The monoisotopic (exact) mass is 342 g/mol. The number of methoxy groups -OCH3 is 2. The largest absolute Gasteiger partial charge is 0.467 e. The molecule has 1 aliphatic heterocycles. The molecule has 1 heterocycles. The van der Waals surface area contributed by atoms with Crippen molar-refractivity contribution in [3.05, 3.63) is 71.8 Å². The average Bonchev–Trinajstić information content (AvgIpc) is 3.10. The fourth-order valence-corrected chi connectivity index (χ4v) is 2.84. The van der Waals surface area contributed by atoms with E-state index in [4.69, 9.17) is 18.9 Å². The molecule has 6 nitrogen and oxygen atoms in total. The molecule has 0 saturated carbocycles. The summed E-state index contributed by atoms with van der Waals surface area (Å²) >= 11 is 0. The molecule has 130 valence electrons. The topological polar surface area (TPSA) is 71.1 Å². The Morgan fingerprint density at radius 2 is 1.12 bits per heavy atom. The van der Waals surface area contributed by atoms with Crippen LogP contribution in [0, 0.1) is 0 Å². The highest BCUT2D eigenvalue weighted by Crippen LogP contribution is 2.43. The number of ether oxygens (including phenoxy) is 4. The number of carbonyl (C=O) groups is 2. The average molecular weight is 342 g/mol. The highest BCUT2D eigenvalue weighted by molar-refractivity contribution is 5.86. The molecule has 6 heteroatoms. The summed E-state index contributed by atoms with van der Waals surface area (Å²) in [6, 6.07) is 18.2. The van der Waals surface area contributed by atoms with Gasteiger partial charge in [-0.3, -0.25) is 0 Å². The molecule has 3 rings (SSSR count). The molecule has 2 aromatic rings. The van der Waals surface area contributed by atoms with Gasteiger partial charge in [0.15, 0.2) is 12.2 Å². The lowest BCUT2D eigenvalue weighted by molar-refractivity contribution is -0.173. The first-order valence-corrected chi connectivity index (χ1v) is 7.74. The number of hydrogen-bond acceptors (Lipinski definition) is 6.